The van der Waals surface area contributed by atoms with Gasteiger partial charge >= 0.3 is 101 Å². The van der Waals surface area contributed by atoms with Gasteiger partial charge in [0, 0.05) is 0 Å². The predicted octanol–water partition coefficient (Wildman–Crippen LogP) is 2.69. The molecule has 0 bridgehead atoms. The van der Waals surface area contributed by atoms with Crippen molar-refractivity contribution in [1.29, 1.82) is 0 Å². The summed E-state index contributed by atoms with van der Waals surface area (Å²) < 4.78 is 1.28. The van der Waals surface area contributed by atoms with E-state index in [9.17, 15) is 0 Å². The van der Waals surface area contributed by atoms with E-state index in [1.807, 2.05) is 24.4 Å². The Morgan fingerprint density at radius 2 is 1.62 bits per heavy atom. The van der Waals surface area contributed by atoms with Crippen molar-refractivity contribution >= 4 is 22.1 Å². The van der Waals surface area contributed by atoms with Gasteiger partial charge in [0.2, 0.25) is 0 Å². The maximum absolute atomic E-state index is 4.70. The molecule has 0 aliphatic heterocycles. The molecule has 0 atom stereocenters. The molecule has 0 saturated heterocycles. The van der Waals surface area contributed by atoms with Gasteiger partial charge in [0.1, 0.15) is 0 Å². The van der Waals surface area contributed by atoms with Gasteiger partial charge in [0.15, 0.2) is 0 Å². The number of hydrogen-bond donors (Lipinski definition) is 0. The van der Waals surface area contributed by atoms with E-state index in [2.05, 4.69) is 38.0 Å². The molecule has 2 nitrogen and oxygen atoms in total. The van der Waals surface area contributed by atoms with E-state index in [4.69, 9.17) is 4.98 Å². The normalized spacial score (nSPS) is 11.4. The molecule has 1 aromatic carbocycles. The fourth-order valence-corrected chi connectivity index (χ4v) is 4.40. The van der Waals surface area contributed by atoms with Crippen LogP contribution in [0.25, 0.3) is 11.4 Å². The molecular formula is C13H16N2Sn. The topological polar surface area (TPSA) is 25.8 Å². The van der Waals surface area contributed by atoms with Crippen molar-refractivity contribution < 1.29 is 0 Å². The van der Waals surface area contributed by atoms with Crippen LogP contribution in [0.5, 0.6) is 0 Å². The molecule has 0 fully saturated rings. The first-order valence-corrected chi connectivity index (χ1v) is 15.5. The van der Waals surface area contributed by atoms with Crippen molar-refractivity contribution in [2.75, 3.05) is 0 Å². The van der Waals surface area contributed by atoms with E-state index in [1.165, 1.54) is 3.71 Å². The molecule has 1 aromatic heterocycles. The third kappa shape index (κ3) is 2.61. The molecular weight excluding hydrogens is 303 g/mol. The fraction of sp³-hybridized carbons (Fsp3) is 0.231. The van der Waals surface area contributed by atoms with Crippen LogP contribution in [0.3, 0.4) is 0 Å². The number of nitrogens with zero attached hydrogens (tertiary/aromatic N) is 2. The molecule has 16 heavy (non-hydrogen) atoms. The van der Waals surface area contributed by atoms with Gasteiger partial charge in [0.25, 0.3) is 0 Å². The van der Waals surface area contributed by atoms with Gasteiger partial charge < -0.3 is 0 Å². The Kier molecular flexibility index (Phi) is 3.28. The standard InChI is InChI=1S/C10H7N2.3CH3.Sn/c1-2-5-9(6-3-1)10-11-7-4-8-12-10;;;;/h1-7H;3*1H3;. The fourth-order valence-electron chi connectivity index (χ4n) is 1.50. The van der Waals surface area contributed by atoms with Crippen LogP contribution < -0.4 is 3.71 Å². The van der Waals surface area contributed by atoms with Crippen LogP contribution in [-0.4, -0.2) is 28.3 Å². The van der Waals surface area contributed by atoms with Crippen LogP contribution in [0.15, 0.2) is 42.6 Å². The Hall–Kier alpha value is -0.901. The van der Waals surface area contributed by atoms with Gasteiger partial charge in [-0.15, -0.1) is 0 Å². The zero-order valence-electron chi connectivity index (χ0n) is 9.94. The van der Waals surface area contributed by atoms with E-state index < -0.39 is 18.4 Å². The number of rotatable bonds is 2. The van der Waals surface area contributed by atoms with Crippen molar-refractivity contribution in [3.05, 3.63) is 42.6 Å². The minimum atomic E-state index is -2.07. The zero-order chi connectivity index (χ0) is 11.6. The number of hydrogen-bond acceptors (Lipinski definition) is 2. The second-order valence-electron chi connectivity index (χ2n) is 4.88. The maximum atomic E-state index is 4.70. The summed E-state index contributed by atoms with van der Waals surface area (Å²) in [6.45, 7) is 0. The second kappa shape index (κ2) is 4.53. The van der Waals surface area contributed by atoms with Gasteiger partial charge in [0.05, 0.1) is 0 Å². The summed E-state index contributed by atoms with van der Waals surface area (Å²) in [5.41, 5.74) is 1.10. The quantitative estimate of drug-likeness (QED) is 0.796. The van der Waals surface area contributed by atoms with Gasteiger partial charge in [-0.25, -0.2) is 0 Å². The van der Waals surface area contributed by atoms with Gasteiger partial charge in [-0.1, -0.05) is 0 Å². The predicted molar refractivity (Wildman–Crippen MR) is 70.4 cm³/mol. The Morgan fingerprint density at radius 3 is 2.25 bits per heavy atom. The Bertz CT molecular complexity index is 475. The monoisotopic (exact) mass is 320 g/mol. The summed E-state index contributed by atoms with van der Waals surface area (Å²) >= 11 is -2.07. The first-order chi connectivity index (χ1) is 7.57. The molecule has 82 valence electrons. The van der Waals surface area contributed by atoms with Crippen molar-refractivity contribution in [2.24, 2.45) is 0 Å². The van der Waals surface area contributed by atoms with Crippen LogP contribution in [0.4, 0.5) is 0 Å². The van der Waals surface area contributed by atoms with Gasteiger partial charge in [-0.3, -0.25) is 0 Å². The van der Waals surface area contributed by atoms with E-state index in [1.54, 1.807) is 0 Å². The van der Waals surface area contributed by atoms with Gasteiger partial charge in [-0.05, 0) is 0 Å². The molecule has 0 aliphatic rings. The average molecular weight is 319 g/mol. The second-order valence-corrected chi connectivity index (χ2v) is 19.2. The summed E-state index contributed by atoms with van der Waals surface area (Å²) in [6, 6.07) is 12.2. The first kappa shape index (κ1) is 11.6. The van der Waals surface area contributed by atoms with Crippen molar-refractivity contribution in [3.8, 4) is 11.4 Å². The molecule has 1 heterocycles. The first-order valence-electron chi connectivity index (χ1n) is 5.46. The molecule has 0 unspecified atom stereocenters. The minimum absolute atomic E-state index is 0.852. The van der Waals surface area contributed by atoms with Crippen LogP contribution >= 0.6 is 0 Å². The summed E-state index contributed by atoms with van der Waals surface area (Å²) in [5, 5.41) is 0. The summed E-state index contributed by atoms with van der Waals surface area (Å²) in [6.07, 6.45) is 1.88. The van der Waals surface area contributed by atoms with Crippen LogP contribution in [0.2, 0.25) is 14.8 Å². The molecule has 0 radical (unpaired) electrons. The summed E-state index contributed by atoms with van der Waals surface area (Å²) in [7, 11) is 0. The molecule has 0 aliphatic carbocycles. The molecule has 0 amide bonds. The Balaban J connectivity index is 2.45. The molecule has 3 heteroatoms. The third-order valence-corrected chi connectivity index (χ3v) is 7.64. The third-order valence-electron chi connectivity index (χ3n) is 2.46. The Labute approximate surface area is 101 Å². The summed E-state index contributed by atoms with van der Waals surface area (Å²) in [5.74, 6) is 0.852. The molecule has 2 rings (SSSR count). The van der Waals surface area contributed by atoms with E-state index in [0.717, 1.165) is 11.4 Å². The van der Waals surface area contributed by atoms with Crippen molar-refractivity contribution in [1.82, 2.24) is 9.97 Å². The zero-order valence-corrected chi connectivity index (χ0v) is 12.8. The SMILES string of the molecule is [CH3][Sn]([CH3])([CH3])[c]1ccnc(-c2ccccc2)n1. The van der Waals surface area contributed by atoms with E-state index in [-0.39, 0.29) is 0 Å². The van der Waals surface area contributed by atoms with Crippen molar-refractivity contribution in [3.63, 3.8) is 0 Å². The van der Waals surface area contributed by atoms with Crippen LogP contribution in [0.1, 0.15) is 0 Å². The van der Waals surface area contributed by atoms with Crippen molar-refractivity contribution in [2.45, 2.75) is 14.8 Å². The molecule has 0 saturated carbocycles. The average Bonchev–Trinajstić information content (AvgIpc) is 2.29. The van der Waals surface area contributed by atoms with Crippen LogP contribution in [-0.2, 0) is 0 Å². The van der Waals surface area contributed by atoms with E-state index in [0.29, 0.717) is 0 Å². The molecule has 0 N–H and O–H groups in total. The molecule has 0 spiro atoms. The van der Waals surface area contributed by atoms with Gasteiger partial charge in [-0.2, -0.15) is 0 Å². The van der Waals surface area contributed by atoms with E-state index >= 15 is 0 Å². The summed E-state index contributed by atoms with van der Waals surface area (Å²) in [4.78, 5) is 16.1. The number of benzene rings is 1. The number of aromatic nitrogens is 2. The van der Waals surface area contributed by atoms with Crippen LogP contribution in [0, 0.1) is 0 Å². The Morgan fingerprint density at radius 1 is 0.938 bits per heavy atom. The molecule has 2 aromatic rings.